The maximum Gasteiger partial charge on any atom is 0.324 e. The average Bonchev–Trinajstić information content (AvgIpc) is 2.42. The van der Waals surface area contributed by atoms with Gasteiger partial charge in [-0.1, -0.05) is 6.07 Å². The fourth-order valence-corrected chi connectivity index (χ4v) is 1.75. The van der Waals surface area contributed by atoms with Gasteiger partial charge in [-0.2, -0.15) is 5.26 Å². The molecule has 0 aliphatic carbocycles. The molecule has 0 aliphatic heterocycles. The van der Waals surface area contributed by atoms with Crippen LogP contribution in [0.25, 0.3) is 0 Å². The van der Waals surface area contributed by atoms with Crippen molar-refractivity contribution in [2.24, 2.45) is 0 Å². The number of pyridine rings is 1. The molecule has 94 valence electrons. The van der Waals surface area contributed by atoms with Crippen LogP contribution in [0.4, 0.5) is 16.3 Å². The van der Waals surface area contributed by atoms with Gasteiger partial charge in [0.2, 0.25) is 0 Å². The highest BCUT2D eigenvalue weighted by Crippen LogP contribution is 2.19. The van der Waals surface area contributed by atoms with E-state index < -0.39 is 0 Å². The monoisotopic (exact) mass is 270 g/mol. The van der Waals surface area contributed by atoms with E-state index in [4.69, 9.17) is 5.26 Å². The number of anilines is 2. The molecule has 0 saturated heterocycles. The molecule has 2 N–H and O–H groups in total. The molecule has 0 bridgehead atoms. The van der Waals surface area contributed by atoms with E-state index in [-0.39, 0.29) is 6.03 Å². The van der Waals surface area contributed by atoms with Crippen LogP contribution in [0.15, 0.2) is 53.6 Å². The zero-order valence-corrected chi connectivity index (χ0v) is 10.6. The maximum atomic E-state index is 11.7. The van der Waals surface area contributed by atoms with Gasteiger partial charge >= 0.3 is 6.03 Å². The molecule has 0 radical (unpaired) electrons. The van der Waals surface area contributed by atoms with Crippen LogP contribution in [0, 0.1) is 10.7 Å². The Balaban J connectivity index is 1.94. The second-order valence-corrected chi connectivity index (χ2v) is 4.37. The van der Waals surface area contributed by atoms with Crippen molar-refractivity contribution in [2.45, 2.75) is 4.90 Å². The molecule has 2 amide bonds. The molecular formula is C13H10N4OS. The summed E-state index contributed by atoms with van der Waals surface area (Å²) in [6.45, 7) is 0. The topological polar surface area (TPSA) is 77.8 Å². The first-order chi connectivity index (χ1) is 9.28. The van der Waals surface area contributed by atoms with Gasteiger partial charge in [0.05, 0.1) is 0 Å². The molecule has 0 saturated carbocycles. The number of nitrogens with one attached hydrogen (secondary N) is 2. The van der Waals surface area contributed by atoms with E-state index in [9.17, 15) is 4.79 Å². The Kier molecular flexibility index (Phi) is 4.37. The molecule has 1 heterocycles. The second-order valence-electron chi connectivity index (χ2n) is 3.51. The van der Waals surface area contributed by atoms with Gasteiger partial charge in [-0.15, -0.1) is 0 Å². The molecular weight excluding hydrogens is 260 g/mol. The molecule has 2 rings (SSSR count). The Hall–Kier alpha value is -2.52. The van der Waals surface area contributed by atoms with Crippen LogP contribution >= 0.6 is 11.8 Å². The van der Waals surface area contributed by atoms with Crippen molar-refractivity contribution < 1.29 is 4.79 Å². The predicted octanol–water partition coefficient (Wildman–Crippen LogP) is 3.30. The van der Waals surface area contributed by atoms with E-state index in [1.54, 1.807) is 48.7 Å². The molecule has 2 aromatic rings. The number of benzene rings is 1. The first kappa shape index (κ1) is 12.9. The summed E-state index contributed by atoms with van der Waals surface area (Å²) in [7, 11) is 0. The standard InChI is InChI=1S/C13H10N4OS/c14-9-19-11-6-4-10(5-7-11)16-13(18)17-12-3-1-2-8-15-12/h1-8H,(H2,15,16,17,18). The lowest BCUT2D eigenvalue weighted by molar-refractivity contribution is 0.262. The van der Waals surface area contributed by atoms with E-state index in [1.807, 2.05) is 5.40 Å². The molecule has 0 atom stereocenters. The zero-order chi connectivity index (χ0) is 13.5. The summed E-state index contributed by atoms with van der Waals surface area (Å²) < 4.78 is 0. The summed E-state index contributed by atoms with van der Waals surface area (Å²) in [5, 5.41) is 15.8. The highest BCUT2D eigenvalue weighted by atomic mass is 32.2. The highest BCUT2D eigenvalue weighted by Gasteiger charge is 2.03. The van der Waals surface area contributed by atoms with Gasteiger partial charge < -0.3 is 5.32 Å². The molecule has 0 fully saturated rings. The number of aromatic nitrogens is 1. The zero-order valence-electron chi connectivity index (χ0n) is 9.83. The highest BCUT2D eigenvalue weighted by molar-refractivity contribution is 8.03. The van der Waals surface area contributed by atoms with Crippen molar-refractivity contribution in [3.05, 3.63) is 48.7 Å². The predicted molar refractivity (Wildman–Crippen MR) is 74.8 cm³/mol. The number of hydrogen-bond donors (Lipinski definition) is 2. The Morgan fingerprint density at radius 2 is 1.95 bits per heavy atom. The van der Waals surface area contributed by atoms with Gasteiger partial charge in [0.15, 0.2) is 0 Å². The third-order valence-electron chi connectivity index (χ3n) is 2.18. The van der Waals surface area contributed by atoms with Crippen LogP contribution in [0.5, 0.6) is 0 Å². The number of hydrogen-bond acceptors (Lipinski definition) is 4. The number of amides is 2. The van der Waals surface area contributed by atoms with Gasteiger partial charge in [0.1, 0.15) is 11.2 Å². The van der Waals surface area contributed by atoms with Crippen molar-refractivity contribution >= 4 is 29.3 Å². The molecule has 1 aromatic carbocycles. The molecule has 19 heavy (non-hydrogen) atoms. The van der Waals surface area contributed by atoms with Crippen molar-refractivity contribution in [2.75, 3.05) is 10.6 Å². The summed E-state index contributed by atoms with van der Waals surface area (Å²) in [5.74, 6) is 0.483. The number of rotatable bonds is 3. The summed E-state index contributed by atoms with van der Waals surface area (Å²) >= 11 is 1.07. The van der Waals surface area contributed by atoms with Gasteiger partial charge in [0.25, 0.3) is 0 Å². The minimum atomic E-state index is -0.362. The fraction of sp³-hybridized carbons (Fsp3) is 0. The van der Waals surface area contributed by atoms with Crippen molar-refractivity contribution in [3.63, 3.8) is 0 Å². The average molecular weight is 270 g/mol. The van der Waals surface area contributed by atoms with Gasteiger partial charge in [0, 0.05) is 16.8 Å². The van der Waals surface area contributed by atoms with E-state index in [0.29, 0.717) is 11.5 Å². The number of thiocyanates is 1. The van der Waals surface area contributed by atoms with E-state index in [1.165, 1.54) is 0 Å². The van der Waals surface area contributed by atoms with Crippen LogP contribution in [-0.4, -0.2) is 11.0 Å². The lowest BCUT2D eigenvalue weighted by Gasteiger charge is -2.06. The van der Waals surface area contributed by atoms with Gasteiger partial charge in [-0.3, -0.25) is 5.32 Å². The Labute approximate surface area is 114 Å². The summed E-state index contributed by atoms with van der Waals surface area (Å²) in [6.07, 6.45) is 1.60. The minimum absolute atomic E-state index is 0.362. The Morgan fingerprint density at radius 3 is 2.58 bits per heavy atom. The molecule has 0 spiro atoms. The molecule has 5 nitrogen and oxygen atoms in total. The van der Waals surface area contributed by atoms with Crippen molar-refractivity contribution in [3.8, 4) is 5.40 Å². The first-order valence-electron chi connectivity index (χ1n) is 5.43. The van der Waals surface area contributed by atoms with E-state index >= 15 is 0 Å². The van der Waals surface area contributed by atoms with Crippen molar-refractivity contribution in [1.82, 2.24) is 4.98 Å². The number of thioether (sulfide) groups is 1. The third kappa shape index (κ3) is 4.01. The third-order valence-corrected chi connectivity index (χ3v) is 2.78. The minimum Gasteiger partial charge on any atom is -0.308 e. The summed E-state index contributed by atoms with van der Waals surface area (Å²) in [5.41, 5.74) is 0.649. The smallest absolute Gasteiger partial charge is 0.308 e. The lowest BCUT2D eigenvalue weighted by Crippen LogP contribution is -2.19. The Bertz CT molecular complexity index is 592. The van der Waals surface area contributed by atoms with Crippen LogP contribution in [-0.2, 0) is 0 Å². The molecule has 0 unspecified atom stereocenters. The number of nitrogens with zero attached hydrogens (tertiary/aromatic N) is 2. The summed E-state index contributed by atoms with van der Waals surface area (Å²) in [6, 6.07) is 11.9. The maximum absolute atomic E-state index is 11.7. The molecule has 1 aromatic heterocycles. The number of carbonyl (C=O) groups excluding carboxylic acids is 1. The fourth-order valence-electron chi connectivity index (χ4n) is 1.37. The van der Waals surface area contributed by atoms with Crippen LogP contribution in [0.1, 0.15) is 0 Å². The molecule has 0 aliphatic rings. The van der Waals surface area contributed by atoms with Crippen LogP contribution < -0.4 is 10.6 Å². The van der Waals surface area contributed by atoms with E-state index in [2.05, 4.69) is 15.6 Å². The van der Waals surface area contributed by atoms with Gasteiger partial charge in [-0.05, 0) is 48.2 Å². The Morgan fingerprint density at radius 1 is 1.16 bits per heavy atom. The van der Waals surface area contributed by atoms with Gasteiger partial charge in [-0.25, -0.2) is 9.78 Å². The van der Waals surface area contributed by atoms with Crippen molar-refractivity contribution in [1.29, 1.82) is 5.26 Å². The number of nitriles is 1. The number of carbonyl (C=O) groups is 1. The molecule has 6 heteroatoms. The summed E-state index contributed by atoms with van der Waals surface area (Å²) in [4.78, 5) is 16.5. The lowest BCUT2D eigenvalue weighted by atomic mass is 10.3. The largest absolute Gasteiger partial charge is 0.324 e. The van der Waals surface area contributed by atoms with E-state index in [0.717, 1.165) is 16.7 Å². The number of urea groups is 1. The van der Waals surface area contributed by atoms with Crippen LogP contribution in [0.2, 0.25) is 0 Å². The van der Waals surface area contributed by atoms with Crippen LogP contribution in [0.3, 0.4) is 0 Å². The quantitative estimate of drug-likeness (QED) is 0.662. The SMILES string of the molecule is N#CSc1ccc(NC(=O)Nc2ccccn2)cc1. The first-order valence-corrected chi connectivity index (χ1v) is 6.24. The normalized spacial score (nSPS) is 9.42. The second kappa shape index (κ2) is 6.42.